The van der Waals surface area contributed by atoms with Gasteiger partial charge in [-0.1, -0.05) is 30.3 Å². The van der Waals surface area contributed by atoms with Crippen molar-refractivity contribution in [2.75, 3.05) is 26.7 Å². The van der Waals surface area contributed by atoms with Crippen LogP contribution in [0.15, 0.2) is 30.3 Å². The standard InChI is InChI=1S/C18H25N3O4S/c1-14-18(23)19(2)26(24,25)21(14)13-17(22)20-10-8-16(9-11-20)12-15-6-4-3-5-7-15/h3-7,14,16H,8-13H2,1-2H3/t14-/m0/s1. The number of amides is 2. The fraction of sp³-hybridized carbons (Fsp3) is 0.556. The molecule has 7 nitrogen and oxygen atoms in total. The first-order chi connectivity index (χ1) is 12.3. The molecule has 1 aromatic rings. The van der Waals surface area contributed by atoms with E-state index in [0.29, 0.717) is 19.0 Å². The summed E-state index contributed by atoms with van der Waals surface area (Å²) < 4.78 is 26.2. The Morgan fingerprint density at radius 3 is 2.31 bits per heavy atom. The van der Waals surface area contributed by atoms with Crippen LogP contribution in [0.4, 0.5) is 0 Å². The summed E-state index contributed by atoms with van der Waals surface area (Å²) in [6.45, 7) is 2.50. The minimum atomic E-state index is -3.88. The van der Waals surface area contributed by atoms with E-state index in [9.17, 15) is 18.0 Å². The van der Waals surface area contributed by atoms with Crippen molar-refractivity contribution < 1.29 is 18.0 Å². The highest BCUT2D eigenvalue weighted by Crippen LogP contribution is 2.24. The van der Waals surface area contributed by atoms with Gasteiger partial charge in [0.25, 0.3) is 5.91 Å². The monoisotopic (exact) mass is 379 g/mol. The van der Waals surface area contributed by atoms with Gasteiger partial charge in [0.15, 0.2) is 0 Å². The Kier molecular flexibility index (Phi) is 5.34. The van der Waals surface area contributed by atoms with Gasteiger partial charge in [-0.2, -0.15) is 12.7 Å². The summed E-state index contributed by atoms with van der Waals surface area (Å²) in [4.78, 5) is 26.2. The number of hydrogen-bond donors (Lipinski definition) is 0. The minimum Gasteiger partial charge on any atom is -0.342 e. The largest absolute Gasteiger partial charge is 0.342 e. The van der Waals surface area contributed by atoms with Crippen LogP contribution in [0.2, 0.25) is 0 Å². The molecule has 0 bridgehead atoms. The second-order valence-electron chi connectivity index (χ2n) is 7.05. The number of hydrogen-bond acceptors (Lipinski definition) is 4. The van der Waals surface area contributed by atoms with Gasteiger partial charge < -0.3 is 4.90 Å². The van der Waals surface area contributed by atoms with Crippen molar-refractivity contribution in [3.63, 3.8) is 0 Å². The van der Waals surface area contributed by atoms with Crippen LogP contribution in [0.3, 0.4) is 0 Å². The SMILES string of the molecule is C[C@H]1C(=O)N(C)S(=O)(=O)N1CC(=O)N1CCC(Cc2ccccc2)CC1. The maximum Gasteiger partial charge on any atom is 0.307 e. The van der Waals surface area contributed by atoms with E-state index in [4.69, 9.17) is 0 Å². The first kappa shape index (κ1) is 18.8. The lowest BCUT2D eigenvalue weighted by Gasteiger charge is -2.33. The maximum atomic E-state index is 12.6. The van der Waals surface area contributed by atoms with Crippen LogP contribution in [0.25, 0.3) is 0 Å². The number of benzene rings is 1. The summed E-state index contributed by atoms with van der Waals surface area (Å²) in [5, 5.41) is 0. The van der Waals surface area contributed by atoms with Crippen LogP contribution in [0.1, 0.15) is 25.3 Å². The second kappa shape index (κ2) is 7.36. The Bertz CT molecular complexity index is 773. The van der Waals surface area contributed by atoms with Crippen LogP contribution in [-0.2, 0) is 26.2 Å². The average Bonchev–Trinajstić information content (AvgIpc) is 2.78. The van der Waals surface area contributed by atoms with Gasteiger partial charge in [0.2, 0.25) is 5.91 Å². The summed E-state index contributed by atoms with van der Waals surface area (Å²) in [5.41, 5.74) is 1.30. The van der Waals surface area contributed by atoms with Crippen LogP contribution < -0.4 is 0 Å². The number of rotatable bonds is 4. The molecule has 2 fully saturated rings. The fourth-order valence-electron chi connectivity index (χ4n) is 3.64. The highest BCUT2D eigenvalue weighted by Gasteiger charge is 2.47. The van der Waals surface area contributed by atoms with Crippen molar-refractivity contribution in [3.8, 4) is 0 Å². The van der Waals surface area contributed by atoms with E-state index in [0.717, 1.165) is 27.9 Å². The van der Waals surface area contributed by atoms with Gasteiger partial charge in [-0.25, -0.2) is 4.31 Å². The van der Waals surface area contributed by atoms with Gasteiger partial charge in [0.1, 0.15) is 6.04 Å². The number of carbonyl (C=O) groups excluding carboxylic acids is 2. The summed E-state index contributed by atoms with van der Waals surface area (Å²) in [6, 6.07) is 9.47. The Morgan fingerprint density at radius 2 is 1.77 bits per heavy atom. The molecular weight excluding hydrogens is 354 g/mol. The molecule has 8 heteroatoms. The van der Waals surface area contributed by atoms with Crippen molar-refractivity contribution in [2.45, 2.75) is 32.2 Å². The third-order valence-electron chi connectivity index (χ3n) is 5.37. The fourth-order valence-corrected chi connectivity index (χ4v) is 5.10. The third-order valence-corrected chi connectivity index (χ3v) is 7.28. The smallest absolute Gasteiger partial charge is 0.307 e. The minimum absolute atomic E-state index is 0.235. The summed E-state index contributed by atoms with van der Waals surface area (Å²) >= 11 is 0. The Labute approximate surface area is 154 Å². The van der Waals surface area contributed by atoms with Crippen LogP contribution >= 0.6 is 0 Å². The molecule has 0 aliphatic carbocycles. The molecule has 2 amide bonds. The summed E-state index contributed by atoms with van der Waals surface area (Å²) in [7, 11) is -2.65. The molecule has 3 rings (SSSR count). The van der Waals surface area contributed by atoms with Crippen molar-refractivity contribution in [2.24, 2.45) is 5.92 Å². The van der Waals surface area contributed by atoms with E-state index in [1.807, 2.05) is 18.2 Å². The molecular formula is C18H25N3O4S. The molecule has 0 unspecified atom stereocenters. The van der Waals surface area contributed by atoms with Crippen LogP contribution in [0.5, 0.6) is 0 Å². The Morgan fingerprint density at radius 1 is 1.15 bits per heavy atom. The Hall–Kier alpha value is -1.93. The number of likely N-dealkylation sites (tertiary alicyclic amines) is 1. The molecule has 0 aromatic heterocycles. The third kappa shape index (κ3) is 3.61. The molecule has 2 aliphatic heterocycles. The van der Waals surface area contributed by atoms with E-state index in [2.05, 4.69) is 12.1 Å². The van der Waals surface area contributed by atoms with E-state index in [1.165, 1.54) is 19.5 Å². The van der Waals surface area contributed by atoms with E-state index < -0.39 is 22.2 Å². The highest BCUT2D eigenvalue weighted by atomic mass is 32.2. The molecule has 0 spiro atoms. The molecule has 26 heavy (non-hydrogen) atoms. The zero-order chi connectivity index (χ0) is 18.9. The molecule has 2 aliphatic rings. The Balaban J connectivity index is 1.55. The van der Waals surface area contributed by atoms with Crippen LogP contribution in [-0.4, -0.2) is 66.5 Å². The van der Waals surface area contributed by atoms with Gasteiger partial charge in [-0.3, -0.25) is 9.59 Å². The lowest BCUT2D eigenvalue weighted by Crippen LogP contribution is -2.46. The predicted molar refractivity (Wildman–Crippen MR) is 97.3 cm³/mol. The lowest BCUT2D eigenvalue weighted by molar-refractivity contribution is -0.133. The summed E-state index contributed by atoms with van der Waals surface area (Å²) in [5.74, 6) is -0.204. The summed E-state index contributed by atoms with van der Waals surface area (Å²) in [6.07, 6.45) is 2.81. The van der Waals surface area contributed by atoms with Crippen molar-refractivity contribution in [3.05, 3.63) is 35.9 Å². The highest BCUT2D eigenvalue weighted by molar-refractivity contribution is 7.87. The maximum absolute atomic E-state index is 12.6. The molecule has 0 N–H and O–H groups in total. The molecule has 1 aromatic carbocycles. The average molecular weight is 379 g/mol. The quantitative estimate of drug-likeness (QED) is 0.778. The van der Waals surface area contributed by atoms with Crippen molar-refractivity contribution >= 4 is 22.0 Å². The predicted octanol–water partition coefficient (Wildman–Crippen LogP) is 0.875. The molecule has 1 atom stereocenters. The number of nitrogens with zero attached hydrogens (tertiary/aromatic N) is 3. The van der Waals surface area contributed by atoms with Gasteiger partial charge >= 0.3 is 10.2 Å². The molecule has 0 radical (unpaired) electrons. The van der Waals surface area contributed by atoms with Gasteiger partial charge in [0.05, 0.1) is 6.54 Å². The zero-order valence-corrected chi connectivity index (χ0v) is 16.0. The topological polar surface area (TPSA) is 78.0 Å². The van der Waals surface area contributed by atoms with E-state index >= 15 is 0 Å². The van der Waals surface area contributed by atoms with Crippen molar-refractivity contribution in [1.29, 1.82) is 0 Å². The van der Waals surface area contributed by atoms with E-state index in [-0.39, 0.29) is 12.5 Å². The van der Waals surface area contributed by atoms with Crippen LogP contribution in [0, 0.1) is 5.92 Å². The first-order valence-electron chi connectivity index (χ1n) is 8.92. The number of carbonyl (C=O) groups is 2. The number of piperidine rings is 1. The molecule has 0 saturated carbocycles. The lowest BCUT2D eigenvalue weighted by atomic mass is 9.90. The first-order valence-corrected chi connectivity index (χ1v) is 10.3. The van der Waals surface area contributed by atoms with E-state index in [1.54, 1.807) is 4.90 Å². The van der Waals surface area contributed by atoms with Gasteiger partial charge in [-0.05, 0) is 37.7 Å². The van der Waals surface area contributed by atoms with Gasteiger partial charge in [-0.15, -0.1) is 0 Å². The molecule has 142 valence electrons. The molecule has 2 heterocycles. The normalized spacial score (nSPS) is 24.2. The molecule has 2 saturated heterocycles. The zero-order valence-electron chi connectivity index (χ0n) is 15.2. The van der Waals surface area contributed by atoms with Gasteiger partial charge in [0, 0.05) is 20.1 Å². The van der Waals surface area contributed by atoms with Crippen molar-refractivity contribution in [1.82, 2.24) is 13.5 Å². The number of likely N-dealkylation sites (N-methyl/N-ethyl adjacent to an activating group) is 1. The second-order valence-corrected chi connectivity index (χ2v) is 8.96.